The molecular weight excluding hydrogens is 410 g/mol. The van der Waals surface area contributed by atoms with E-state index in [1.54, 1.807) is 36.8 Å². The van der Waals surface area contributed by atoms with Gasteiger partial charge >= 0.3 is 0 Å². The molecule has 1 fully saturated rings. The smallest absolute Gasteiger partial charge is 0.158 e. The molecule has 1 saturated carbocycles. The van der Waals surface area contributed by atoms with Gasteiger partial charge in [-0.15, -0.1) is 0 Å². The van der Waals surface area contributed by atoms with Gasteiger partial charge in [0.15, 0.2) is 9.84 Å². The van der Waals surface area contributed by atoms with Crippen LogP contribution in [0.1, 0.15) is 43.6 Å². The van der Waals surface area contributed by atoms with E-state index in [-0.39, 0.29) is 23.2 Å². The van der Waals surface area contributed by atoms with E-state index in [0.29, 0.717) is 11.4 Å². The molecule has 1 aliphatic carbocycles. The summed E-state index contributed by atoms with van der Waals surface area (Å²) in [6.07, 6.45) is 6.71. The van der Waals surface area contributed by atoms with Gasteiger partial charge in [0.1, 0.15) is 5.78 Å². The van der Waals surface area contributed by atoms with Gasteiger partial charge in [0, 0.05) is 24.4 Å². The number of ketones is 1. The van der Waals surface area contributed by atoms with Crippen molar-refractivity contribution in [2.24, 2.45) is 0 Å². The quantitative estimate of drug-likeness (QED) is 0.536. The van der Waals surface area contributed by atoms with Crippen molar-refractivity contribution in [1.29, 1.82) is 0 Å². The predicted molar refractivity (Wildman–Crippen MR) is 119 cm³/mol. The molecule has 0 N–H and O–H groups in total. The third-order valence-electron chi connectivity index (χ3n) is 5.70. The molecule has 0 spiro atoms. The van der Waals surface area contributed by atoms with Crippen LogP contribution in [0, 0.1) is 0 Å². The molecule has 0 unspecified atom stereocenters. The fourth-order valence-electron chi connectivity index (χ4n) is 3.45. The number of nitrogens with zero attached hydrogens (tertiary/aromatic N) is 3. The summed E-state index contributed by atoms with van der Waals surface area (Å²) in [5, 5.41) is -0.225. The van der Waals surface area contributed by atoms with Crippen molar-refractivity contribution >= 4 is 15.6 Å². The van der Waals surface area contributed by atoms with Crippen molar-refractivity contribution in [3.8, 4) is 11.3 Å². The maximum atomic E-state index is 13.1. The van der Waals surface area contributed by atoms with Gasteiger partial charge in [-0.2, -0.15) is 0 Å². The van der Waals surface area contributed by atoms with Crippen LogP contribution >= 0.6 is 0 Å². The van der Waals surface area contributed by atoms with Crippen LogP contribution in [-0.4, -0.2) is 34.4 Å². The third-order valence-corrected chi connectivity index (χ3v) is 7.89. The standard InChI is InChI=1S/C24H25N3O3S/c1-24(2,22-5-3-4-19(27-22)16-31(29,30)20-10-11-20)23(28)14-17-6-8-18(9-7-17)21-15-25-12-13-26-21/h3-9,12-13,15,20H,10-11,14,16H2,1-2H3. The van der Waals surface area contributed by atoms with Crippen LogP contribution in [0.25, 0.3) is 11.3 Å². The number of rotatable bonds is 8. The second-order valence-corrected chi connectivity index (χ2v) is 10.8. The highest BCUT2D eigenvalue weighted by Crippen LogP contribution is 2.31. The topological polar surface area (TPSA) is 89.9 Å². The Morgan fingerprint density at radius 3 is 2.45 bits per heavy atom. The van der Waals surface area contributed by atoms with Crippen molar-refractivity contribution in [2.45, 2.75) is 49.5 Å². The van der Waals surface area contributed by atoms with Crippen molar-refractivity contribution in [1.82, 2.24) is 15.0 Å². The van der Waals surface area contributed by atoms with Crippen molar-refractivity contribution < 1.29 is 13.2 Å². The number of benzene rings is 1. The normalized spacial score (nSPS) is 14.4. The highest BCUT2D eigenvalue weighted by atomic mass is 32.2. The molecule has 0 atom stereocenters. The lowest BCUT2D eigenvalue weighted by Gasteiger charge is -2.23. The molecule has 31 heavy (non-hydrogen) atoms. The third kappa shape index (κ3) is 4.88. The van der Waals surface area contributed by atoms with E-state index in [2.05, 4.69) is 15.0 Å². The second-order valence-electron chi connectivity index (χ2n) is 8.53. The van der Waals surface area contributed by atoms with Crippen LogP contribution in [-0.2, 0) is 32.2 Å². The highest BCUT2D eigenvalue weighted by Gasteiger charge is 2.36. The number of Topliss-reactive ketones (excluding diaryl/α,β-unsaturated/α-hetero) is 1. The first-order valence-corrected chi connectivity index (χ1v) is 12.0. The van der Waals surface area contributed by atoms with Gasteiger partial charge in [-0.25, -0.2) is 8.42 Å². The zero-order valence-corrected chi connectivity index (χ0v) is 18.5. The fraction of sp³-hybridized carbons (Fsp3) is 0.333. The molecule has 1 aromatic carbocycles. The van der Waals surface area contributed by atoms with E-state index in [1.165, 1.54) is 0 Å². The lowest BCUT2D eigenvalue weighted by molar-refractivity contribution is -0.122. The van der Waals surface area contributed by atoms with Gasteiger partial charge in [0.2, 0.25) is 0 Å². The van der Waals surface area contributed by atoms with Crippen molar-refractivity contribution in [2.75, 3.05) is 0 Å². The molecule has 7 heteroatoms. The molecule has 0 bridgehead atoms. The molecule has 3 aromatic rings. The Kier molecular flexibility index (Phi) is 5.71. The predicted octanol–water partition coefficient (Wildman–Crippen LogP) is 3.71. The van der Waals surface area contributed by atoms with Gasteiger partial charge < -0.3 is 0 Å². The van der Waals surface area contributed by atoms with E-state index < -0.39 is 15.3 Å². The van der Waals surface area contributed by atoms with Gasteiger partial charge in [-0.1, -0.05) is 30.3 Å². The average molecular weight is 436 g/mol. The Labute approximate surface area is 182 Å². The summed E-state index contributed by atoms with van der Waals surface area (Å²) < 4.78 is 24.6. The van der Waals surface area contributed by atoms with Gasteiger partial charge in [-0.3, -0.25) is 19.7 Å². The molecule has 0 aliphatic heterocycles. The summed E-state index contributed by atoms with van der Waals surface area (Å²) >= 11 is 0. The first-order chi connectivity index (χ1) is 14.8. The van der Waals surface area contributed by atoms with Gasteiger partial charge in [-0.05, 0) is 44.4 Å². The number of sulfone groups is 1. The van der Waals surface area contributed by atoms with Crippen LogP contribution < -0.4 is 0 Å². The summed E-state index contributed by atoms with van der Waals surface area (Å²) in [5.74, 6) is -0.0472. The molecule has 160 valence electrons. The Morgan fingerprint density at radius 2 is 1.81 bits per heavy atom. The minimum Gasteiger partial charge on any atom is -0.298 e. The summed E-state index contributed by atoms with van der Waals surface area (Å²) in [6.45, 7) is 3.68. The lowest BCUT2D eigenvalue weighted by Crippen LogP contribution is -2.32. The van der Waals surface area contributed by atoms with Crippen LogP contribution in [0.3, 0.4) is 0 Å². The average Bonchev–Trinajstić information content (AvgIpc) is 3.61. The fourth-order valence-corrected chi connectivity index (χ4v) is 5.11. The summed E-state index contributed by atoms with van der Waals surface area (Å²) in [4.78, 5) is 26.0. The monoisotopic (exact) mass is 435 g/mol. The van der Waals surface area contributed by atoms with E-state index in [0.717, 1.165) is 29.7 Å². The molecule has 0 amide bonds. The van der Waals surface area contributed by atoms with Crippen LogP contribution in [0.5, 0.6) is 0 Å². The minimum atomic E-state index is -3.16. The molecule has 4 rings (SSSR count). The molecule has 1 aliphatic rings. The molecule has 2 aromatic heterocycles. The number of carbonyl (C=O) groups is 1. The van der Waals surface area contributed by atoms with E-state index in [4.69, 9.17) is 0 Å². The Bertz CT molecular complexity index is 1190. The molecule has 0 radical (unpaired) electrons. The first kappa shape index (κ1) is 21.3. The van der Waals surface area contributed by atoms with Crippen molar-refractivity contribution in [3.05, 3.63) is 78.0 Å². The number of pyridine rings is 1. The summed E-state index contributed by atoms with van der Waals surface area (Å²) in [5.41, 5.74) is 2.88. The van der Waals surface area contributed by atoms with Crippen molar-refractivity contribution in [3.63, 3.8) is 0 Å². The Balaban J connectivity index is 1.48. The van der Waals surface area contributed by atoms with Crippen LogP contribution in [0.2, 0.25) is 0 Å². The molecule has 6 nitrogen and oxygen atoms in total. The minimum absolute atomic E-state index is 0.0226. The van der Waals surface area contributed by atoms with Gasteiger partial charge in [0.05, 0.1) is 39.7 Å². The first-order valence-electron chi connectivity index (χ1n) is 10.3. The largest absolute Gasteiger partial charge is 0.298 e. The second kappa shape index (κ2) is 8.30. The Hall–Kier alpha value is -2.93. The summed E-state index contributed by atoms with van der Waals surface area (Å²) in [7, 11) is -3.16. The number of carbonyl (C=O) groups excluding carboxylic acids is 1. The molecular formula is C24H25N3O3S. The maximum absolute atomic E-state index is 13.1. The van der Waals surface area contributed by atoms with Crippen LogP contribution in [0.15, 0.2) is 61.1 Å². The summed E-state index contributed by atoms with van der Waals surface area (Å²) in [6, 6.07) is 13.0. The van der Waals surface area contributed by atoms with Crippen LogP contribution in [0.4, 0.5) is 0 Å². The van der Waals surface area contributed by atoms with Gasteiger partial charge in [0.25, 0.3) is 0 Å². The lowest BCUT2D eigenvalue weighted by atomic mass is 9.81. The zero-order valence-electron chi connectivity index (χ0n) is 17.7. The number of hydrogen-bond donors (Lipinski definition) is 0. The van der Waals surface area contributed by atoms with E-state index >= 15 is 0 Å². The van der Waals surface area contributed by atoms with E-state index in [1.807, 2.05) is 38.1 Å². The Morgan fingerprint density at radius 1 is 1.06 bits per heavy atom. The highest BCUT2D eigenvalue weighted by molar-refractivity contribution is 7.91. The number of hydrogen-bond acceptors (Lipinski definition) is 6. The molecule has 0 saturated heterocycles. The SMILES string of the molecule is CC(C)(C(=O)Cc1ccc(-c2cnccn2)cc1)c1cccc(CS(=O)(=O)C2CC2)n1. The zero-order chi connectivity index (χ0) is 22.1. The molecule has 2 heterocycles. The van der Waals surface area contributed by atoms with E-state index in [9.17, 15) is 13.2 Å². The maximum Gasteiger partial charge on any atom is 0.158 e. The number of aromatic nitrogens is 3.